The van der Waals surface area contributed by atoms with Gasteiger partial charge in [-0.25, -0.2) is 9.59 Å². The van der Waals surface area contributed by atoms with Crippen molar-refractivity contribution in [2.75, 3.05) is 13.2 Å². The van der Waals surface area contributed by atoms with Gasteiger partial charge in [-0.3, -0.25) is 0 Å². The molecular formula is C47H64O17. The summed E-state index contributed by atoms with van der Waals surface area (Å²) in [6, 6.07) is 2.25. The maximum absolute atomic E-state index is 13.4. The van der Waals surface area contributed by atoms with Crippen LogP contribution in [-0.2, 0) is 50.4 Å². The van der Waals surface area contributed by atoms with Gasteiger partial charge in [-0.2, -0.15) is 0 Å². The molecule has 2 saturated heterocycles. The molecule has 17 heteroatoms. The van der Waals surface area contributed by atoms with Gasteiger partial charge in [0.25, 0.3) is 0 Å². The van der Waals surface area contributed by atoms with E-state index in [-0.39, 0.29) is 29.9 Å². The number of allylic oxidation sites excluding steroid dienone is 9. The zero-order chi connectivity index (χ0) is 47.0. The molecule has 13 atom stereocenters. The predicted octanol–water partition coefficient (Wildman–Crippen LogP) is 2.81. The van der Waals surface area contributed by atoms with Gasteiger partial charge in [0.1, 0.15) is 54.7 Å². The van der Waals surface area contributed by atoms with E-state index in [4.69, 9.17) is 28.4 Å². The van der Waals surface area contributed by atoms with E-state index in [9.17, 15) is 55.5 Å². The molecule has 1 aromatic carbocycles. The van der Waals surface area contributed by atoms with Crippen molar-refractivity contribution in [3.05, 3.63) is 108 Å². The lowest BCUT2D eigenvalue weighted by Crippen LogP contribution is -2.67. The summed E-state index contributed by atoms with van der Waals surface area (Å²) >= 11 is 0. The Morgan fingerprint density at radius 1 is 0.875 bits per heavy atom. The first-order valence-electron chi connectivity index (χ1n) is 21.5. The predicted molar refractivity (Wildman–Crippen MR) is 231 cm³/mol. The van der Waals surface area contributed by atoms with Crippen LogP contribution >= 0.6 is 0 Å². The van der Waals surface area contributed by atoms with E-state index < -0.39 is 104 Å². The molecule has 17 nitrogen and oxygen atoms in total. The SMILES string of the molecule is CCC(O)/C=C/C=C\C=C\C(=O)OC[C@H]1O[C@@H](O[C@H]2[C@@H](OC(=O)/C=C/C=C/CC(O)/C(C)=C/C=C/CCC(C)CC)[C@@H](O)C3(OCc4cc(O)cc(O)c43)O[C@@H]2CO)[C@H](O)[C@@H](O)[C@H]1O. The maximum atomic E-state index is 13.4. The fourth-order valence-corrected chi connectivity index (χ4v) is 7.09. The second-order valence-corrected chi connectivity index (χ2v) is 16.0. The van der Waals surface area contributed by atoms with Crippen molar-refractivity contribution < 1.29 is 84.0 Å². The van der Waals surface area contributed by atoms with Gasteiger partial charge in [0.15, 0.2) is 18.5 Å². The summed E-state index contributed by atoms with van der Waals surface area (Å²) in [7, 11) is 0. The van der Waals surface area contributed by atoms with E-state index in [0.29, 0.717) is 12.3 Å². The first kappa shape index (κ1) is 52.1. The lowest BCUT2D eigenvalue weighted by molar-refractivity contribution is -0.395. The van der Waals surface area contributed by atoms with Crippen LogP contribution in [0.15, 0.2) is 96.7 Å². The molecule has 4 unspecified atom stereocenters. The average molecular weight is 901 g/mol. The van der Waals surface area contributed by atoms with Gasteiger partial charge in [-0.05, 0) is 55.7 Å². The first-order chi connectivity index (χ1) is 30.6. The molecule has 3 aliphatic rings. The highest BCUT2D eigenvalue weighted by atomic mass is 16.8. The molecule has 2 fully saturated rings. The van der Waals surface area contributed by atoms with Crippen LogP contribution in [0.25, 0.3) is 0 Å². The summed E-state index contributed by atoms with van der Waals surface area (Å²) in [5.41, 5.74) is 0.834. The number of rotatable bonds is 21. The van der Waals surface area contributed by atoms with Gasteiger partial charge < -0.3 is 74.4 Å². The number of phenols is 2. The molecule has 64 heavy (non-hydrogen) atoms. The molecule has 0 amide bonds. The number of phenolic OH excluding ortho intramolecular Hbond substituents is 2. The van der Waals surface area contributed by atoms with Gasteiger partial charge in [0.05, 0.1) is 31.0 Å². The Morgan fingerprint density at radius 2 is 1.59 bits per heavy atom. The number of ether oxygens (including phenoxy) is 6. The minimum absolute atomic E-state index is 0.121. The van der Waals surface area contributed by atoms with Gasteiger partial charge in [-0.1, -0.05) is 94.0 Å². The number of aliphatic hydroxyl groups excluding tert-OH is 7. The van der Waals surface area contributed by atoms with Crippen molar-refractivity contribution in [3.63, 3.8) is 0 Å². The highest BCUT2D eigenvalue weighted by Crippen LogP contribution is 2.51. The number of carbonyl (C=O) groups excluding carboxylic acids is 2. The van der Waals surface area contributed by atoms with Crippen molar-refractivity contribution in [2.45, 2.75) is 140 Å². The number of aromatic hydroxyl groups is 2. The summed E-state index contributed by atoms with van der Waals surface area (Å²) in [6.45, 7) is 6.16. The van der Waals surface area contributed by atoms with Crippen molar-refractivity contribution in [2.24, 2.45) is 5.92 Å². The molecule has 9 N–H and O–H groups in total. The first-order valence-corrected chi connectivity index (χ1v) is 21.5. The second-order valence-electron chi connectivity index (χ2n) is 16.0. The Balaban J connectivity index is 1.51. The summed E-state index contributed by atoms with van der Waals surface area (Å²) in [4.78, 5) is 25.8. The van der Waals surface area contributed by atoms with Gasteiger partial charge in [0.2, 0.25) is 5.79 Å². The van der Waals surface area contributed by atoms with Gasteiger partial charge in [-0.15, -0.1) is 0 Å². The van der Waals surface area contributed by atoms with E-state index in [0.717, 1.165) is 43.1 Å². The van der Waals surface area contributed by atoms with E-state index in [1.165, 1.54) is 30.4 Å². The quantitative estimate of drug-likeness (QED) is 0.0488. The van der Waals surface area contributed by atoms with Crippen LogP contribution in [0, 0.1) is 5.92 Å². The number of hydrogen-bond acceptors (Lipinski definition) is 17. The Bertz CT molecular complexity index is 1890. The molecule has 1 spiro atoms. The third-order valence-corrected chi connectivity index (χ3v) is 11.2. The highest BCUT2D eigenvalue weighted by Gasteiger charge is 2.63. The zero-order valence-corrected chi connectivity index (χ0v) is 36.5. The number of carbonyl (C=O) groups is 2. The fraction of sp³-hybridized carbons (Fsp3) is 0.532. The lowest BCUT2D eigenvalue weighted by atomic mass is 9.86. The fourth-order valence-electron chi connectivity index (χ4n) is 7.09. The van der Waals surface area contributed by atoms with E-state index in [1.54, 1.807) is 31.2 Å². The maximum Gasteiger partial charge on any atom is 0.331 e. The summed E-state index contributed by atoms with van der Waals surface area (Å²) in [5, 5.41) is 96.3. The van der Waals surface area contributed by atoms with Crippen LogP contribution in [0.4, 0.5) is 0 Å². The van der Waals surface area contributed by atoms with Gasteiger partial charge >= 0.3 is 11.9 Å². The largest absolute Gasteiger partial charge is 0.508 e. The van der Waals surface area contributed by atoms with Crippen LogP contribution in [0.5, 0.6) is 11.5 Å². The lowest BCUT2D eigenvalue weighted by Gasteiger charge is -2.50. The number of hydrogen-bond donors (Lipinski definition) is 9. The van der Waals surface area contributed by atoms with E-state index >= 15 is 0 Å². The van der Waals surface area contributed by atoms with Crippen molar-refractivity contribution in [1.29, 1.82) is 0 Å². The van der Waals surface area contributed by atoms with Crippen LogP contribution in [0.1, 0.15) is 70.9 Å². The van der Waals surface area contributed by atoms with Crippen LogP contribution in [0.3, 0.4) is 0 Å². The Morgan fingerprint density at radius 3 is 2.31 bits per heavy atom. The van der Waals surface area contributed by atoms with Crippen molar-refractivity contribution >= 4 is 11.9 Å². The average Bonchev–Trinajstić information content (AvgIpc) is 3.64. The number of fused-ring (bicyclic) bond motifs is 2. The van der Waals surface area contributed by atoms with Crippen LogP contribution in [0.2, 0.25) is 0 Å². The third-order valence-electron chi connectivity index (χ3n) is 11.2. The molecule has 3 heterocycles. The minimum atomic E-state index is -2.28. The molecule has 4 rings (SSSR count). The summed E-state index contributed by atoms with van der Waals surface area (Å²) in [5.74, 6) is -4.40. The molecule has 0 bridgehead atoms. The standard InChI is InChI=1S/C47H64O17/c1-5-28(3)17-11-9-12-18-29(4)33(51)20-14-10-16-22-38(54)62-44-43(35(25-48)64-47(45(44)58)39-30(26-60-47)23-32(50)24-34(39)52)63-46-42(57)41(56)40(55)36(61-46)27-59-37(53)21-15-8-7-13-19-31(49)6-2/h7-10,12-16,18-19,21-24,28,31,33,35-36,40-46,48-52,55-58H,5-6,11,17,20,25-27H2,1-4H3/b8-7-,12-9+,14-10+,19-13+,21-15+,22-16+,29-18+/t28?,31?,33?,35-,36-,40+,41+,42-,43-,44-,45-,46+,47?/m1/s1. The molecule has 354 valence electrons. The normalized spacial score (nSPS) is 30.4. The van der Waals surface area contributed by atoms with Crippen molar-refractivity contribution in [3.8, 4) is 11.5 Å². The minimum Gasteiger partial charge on any atom is -0.508 e. The molecule has 1 aromatic rings. The molecule has 0 saturated carbocycles. The van der Waals surface area contributed by atoms with E-state index in [2.05, 4.69) is 19.9 Å². The summed E-state index contributed by atoms with van der Waals surface area (Å²) < 4.78 is 34.6. The molecule has 0 radical (unpaired) electrons. The number of esters is 2. The molecule has 3 aliphatic heterocycles. The zero-order valence-electron chi connectivity index (χ0n) is 36.5. The van der Waals surface area contributed by atoms with Crippen LogP contribution < -0.4 is 0 Å². The molecule has 0 aliphatic carbocycles. The Labute approximate surface area is 373 Å². The monoisotopic (exact) mass is 900 g/mol. The summed E-state index contributed by atoms with van der Waals surface area (Å²) in [6.07, 6.45) is 6.33. The van der Waals surface area contributed by atoms with Gasteiger partial charge in [0, 0.05) is 18.2 Å². The molecule has 0 aromatic heterocycles. The highest BCUT2D eigenvalue weighted by molar-refractivity contribution is 5.82. The van der Waals surface area contributed by atoms with E-state index in [1.807, 2.05) is 19.1 Å². The second kappa shape index (κ2) is 25.3. The Hall–Kier alpha value is -4.50. The Kier molecular flexibility index (Phi) is 20.6. The number of benzene rings is 1. The van der Waals surface area contributed by atoms with Crippen LogP contribution in [-0.4, -0.2) is 138 Å². The molecular weight excluding hydrogens is 837 g/mol. The third kappa shape index (κ3) is 14.0. The topological polar surface area (TPSA) is 272 Å². The smallest absolute Gasteiger partial charge is 0.331 e. The van der Waals surface area contributed by atoms with Crippen molar-refractivity contribution in [1.82, 2.24) is 0 Å². The number of aliphatic hydroxyl groups is 7.